The molecule has 0 atom stereocenters. The Labute approximate surface area is 96.4 Å². The van der Waals surface area contributed by atoms with Gasteiger partial charge in [-0.15, -0.1) is 0 Å². The Morgan fingerprint density at radius 3 is 2.38 bits per heavy atom. The summed E-state index contributed by atoms with van der Waals surface area (Å²) >= 11 is 0. The Hall–Kier alpha value is -1.13. The third-order valence-corrected chi connectivity index (χ3v) is 3.88. The van der Waals surface area contributed by atoms with E-state index in [1.54, 1.807) is 31.2 Å². The molecule has 0 aliphatic heterocycles. The second kappa shape index (κ2) is 5.27. The zero-order valence-electron chi connectivity index (χ0n) is 9.47. The largest absolute Gasteiger partial charge is 0.392 e. The molecule has 0 aliphatic rings. The van der Waals surface area contributed by atoms with E-state index in [1.165, 1.54) is 6.08 Å². The van der Waals surface area contributed by atoms with Crippen LogP contribution in [0.4, 0.5) is 0 Å². The van der Waals surface area contributed by atoms with Crippen LogP contribution in [-0.4, -0.2) is 25.9 Å². The van der Waals surface area contributed by atoms with Crippen LogP contribution in [0.15, 0.2) is 40.8 Å². The van der Waals surface area contributed by atoms with E-state index in [2.05, 4.69) is 0 Å². The van der Waals surface area contributed by atoms with Crippen LogP contribution in [0.25, 0.3) is 0 Å². The zero-order valence-corrected chi connectivity index (χ0v) is 10.3. The monoisotopic (exact) mass is 240 g/mol. The highest BCUT2D eigenvalue weighted by Crippen LogP contribution is 2.12. The van der Waals surface area contributed by atoms with E-state index in [1.807, 2.05) is 6.92 Å². The second-order valence-electron chi connectivity index (χ2n) is 3.80. The van der Waals surface area contributed by atoms with E-state index in [9.17, 15) is 8.42 Å². The predicted octanol–water partition coefficient (Wildman–Crippen LogP) is 1.71. The number of benzene rings is 1. The molecule has 0 saturated carbocycles. The fourth-order valence-corrected chi connectivity index (χ4v) is 2.41. The maximum absolute atomic E-state index is 11.8. The maximum Gasteiger partial charge on any atom is 0.181 e. The van der Waals surface area contributed by atoms with Gasteiger partial charge < -0.3 is 5.11 Å². The Morgan fingerprint density at radius 1 is 1.31 bits per heavy atom. The number of sulfone groups is 1. The van der Waals surface area contributed by atoms with Crippen molar-refractivity contribution < 1.29 is 13.5 Å². The van der Waals surface area contributed by atoms with E-state index < -0.39 is 9.84 Å². The molecule has 4 heteroatoms. The minimum atomic E-state index is -3.27. The molecule has 1 aromatic carbocycles. The number of rotatable bonds is 4. The highest BCUT2D eigenvalue weighted by Gasteiger charge is 2.11. The van der Waals surface area contributed by atoms with Crippen LogP contribution in [0.3, 0.4) is 0 Å². The SMILES string of the molecule is C/C(=C\CS(=O)(=O)c1ccc(C)cc1)CO. The average Bonchev–Trinajstić information content (AvgIpc) is 2.26. The first-order valence-corrected chi connectivity index (χ1v) is 6.67. The number of aliphatic hydroxyl groups excluding tert-OH is 1. The second-order valence-corrected chi connectivity index (χ2v) is 5.84. The van der Waals surface area contributed by atoms with Crippen LogP contribution in [0.2, 0.25) is 0 Å². The molecular formula is C12H16O3S. The van der Waals surface area contributed by atoms with Gasteiger partial charge in [0, 0.05) is 0 Å². The lowest BCUT2D eigenvalue weighted by molar-refractivity contribution is 0.331. The van der Waals surface area contributed by atoms with Crippen molar-refractivity contribution in [3.8, 4) is 0 Å². The molecule has 1 aromatic rings. The fourth-order valence-electron chi connectivity index (χ4n) is 1.16. The Kier molecular flexibility index (Phi) is 4.26. The van der Waals surface area contributed by atoms with Crippen LogP contribution < -0.4 is 0 Å². The molecule has 3 nitrogen and oxygen atoms in total. The zero-order chi connectivity index (χ0) is 12.2. The molecule has 0 heterocycles. The summed E-state index contributed by atoms with van der Waals surface area (Å²) < 4.78 is 23.7. The molecule has 0 radical (unpaired) electrons. The summed E-state index contributed by atoms with van der Waals surface area (Å²) in [5, 5.41) is 8.78. The van der Waals surface area contributed by atoms with Gasteiger partial charge in [-0.3, -0.25) is 0 Å². The van der Waals surface area contributed by atoms with Gasteiger partial charge in [0.1, 0.15) is 0 Å². The van der Waals surface area contributed by atoms with Crippen molar-refractivity contribution in [2.75, 3.05) is 12.4 Å². The lowest BCUT2D eigenvalue weighted by Crippen LogP contribution is -2.05. The number of aliphatic hydroxyl groups is 1. The van der Waals surface area contributed by atoms with Crippen molar-refractivity contribution >= 4 is 9.84 Å². The first-order valence-electron chi connectivity index (χ1n) is 5.01. The lowest BCUT2D eigenvalue weighted by atomic mass is 10.2. The molecule has 1 rings (SSSR count). The van der Waals surface area contributed by atoms with Crippen molar-refractivity contribution in [1.82, 2.24) is 0 Å². The van der Waals surface area contributed by atoms with E-state index >= 15 is 0 Å². The van der Waals surface area contributed by atoms with Gasteiger partial charge in [-0.05, 0) is 26.0 Å². The summed E-state index contributed by atoms with van der Waals surface area (Å²) in [5.41, 5.74) is 1.69. The number of hydrogen-bond acceptors (Lipinski definition) is 3. The molecular weight excluding hydrogens is 224 g/mol. The van der Waals surface area contributed by atoms with Crippen molar-refractivity contribution in [3.05, 3.63) is 41.5 Å². The smallest absolute Gasteiger partial charge is 0.181 e. The van der Waals surface area contributed by atoms with Crippen LogP contribution in [0.1, 0.15) is 12.5 Å². The maximum atomic E-state index is 11.8. The average molecular weight is 240 g/mol. The summed E-state index contributed by atoms with van der Waals surface area (Å²) in [6, 6.07) is 6.75. The molecule has 0 fully saturated rings. The molecule has 0 saturated heterocycles. The van der Waals surface area contributed by atoms with Crippen LogP contribution >= 0.6 is 0 Å². The first kappa shape index (κ1) is 12.9. The van der Waals surface area contributed by atoms with Gasteiger partial charge in [-0.2, -0.15) is 0 Å². The molecule has 0 amide bonds. The van der Waals surface area contributed by atoms with Gasteiger partial charge in [-0.1, -0.05) is 29.3 Å². The summed E-state index contributed by atoms with van der Waals surface area (Å²) in [6.45, 7) is 3.50. The topological polar surface area (TPSA) is 54.4 Å². The number of aryl methyl sites for hydroxylation is 1. The summed E-state index contributed by atoms with van der Waals surface area (Å²) in [7, 11) is -3.27. The number of hydrogen-bond donors (Lipinski definition) is 1. The van der Waals surface area contributed by atoms with Gasteiger partial charge in [0.15, 0.2) is 9.84 Å². The van der Waals surface area contributed by atoms with E-state index in [-0.39, 0.29) is 12.4 Å². The van der Waals surface area contributed by atoms with Gasteiger partial charge >= 0.3 is 0 Å². The highest BCUT2D eigenvalue weighted by atomic mass is 32.2. The molecule has 1 N–H and O–H groups in total. The summed E-state index contributed by atoms with van der Waals surface area (Å²) in [4.78, 5) is 0.320. The van der Waals surface area contributed by atoms with Crippen molar-refractivity contribution in [2.45, 2.75) is 18.7 Å². The van der Waals surface area contributed by atoms with Crippen LogP contribution in [0, 0.1) is 6.92 Å². The minimum absolute atomic E-state index is 0.0670. The quantitative estimate of drug-likeness (QED) is 0.815. The van der Waals surface area contributed by atoms with Crippen molar-refractivity contribution in [3.63, 3.8) is 0 Å². The normalized spacial score (nSPS) is 12.8. The van der Waals surface area contributed by atoms with Crippen LogP contribution in [0.5, 0.6) is 0 Å². The Morgan fingerprint density at radius 2 is 1.88 bits per heavy atom. The molecule has 0 unspecified atom stereocenters. The summed E-state index contributed by atoms with van der Waals surface area (Å²) in [6.07, 6.45) is 1.54. The van der Waals surface area contributed by atoms with Crippen molar-refractivity contribution in [1.29, 1.82) is 0 Å². The molecule has 0 spiro atoms. The van der Waals surface area contributed by atoms with Crippen LogP contribution in [-0.2, 0) is 9.84 Å². The fraction of sp³-hybridized carbons (Fsp3) is 0.333. The van der Waals surface area contributed by atoms with Gasteiger partial charge in [0.2, 0.25) is 0 Å². The van der Waals surface area contributed by atoms with E-state index in [0.29, 0.717) is 10.5 Å². The summed E-state index contributed by atoms with van der Waals surface area (Å²) in [5.74, 6) is -0.0670. The Balaban J connectivity index is 2.91. The molecule has 0 aromatic heterocycles. The molecule has 88 valence electrons. The van der Waals surface area contributed by atoms with Crippen molar-refractivity contribution in [2.24, 2.45) is 0 Å². The van der Waals surface area contributed by atoms with Gasteiger partial charge in [-0.25, -0.2) is 8.42 Å². The van der Waals surface area contributed by atoms with Gasteiger partial charge in [0.25, 0.3) is 0 Å². The van der Waals surface area contributed by atoms with E-state index in [0.717, 1.165) is 5.56 Å². The Bertz CT molecular complexity index is 469. The minimum Gasteiger partial charge on any atom is -0.392 e. The predicted molar refractivity (Wildman–Crippen MR) is 64.1 cm³/mol. The standard InChI is InChI=1S/C12H16O3S/c1-10-3-5-12(6-4-10)16(14,15)8-7-11(2)9-13/h3-7,13H,8-9H2,1-2H3/b11-7+. The molecule has 0 bridgehead atoms. The van der Waals surface area contributed by atoms with E-state index in [4.69, 9.17) is 5.11 Å². The molecule has 0 aliphatic carbocycles. The lowest BCUT2D eigenvalue weighted by Gasteiger charge is -2.02. The van der Waals surface area contributed by atoms with Gasteiger partial charge in [0.05, 0.1) is 17.3 Å². The highest BCUT2D eigenvalue weighted by molar-refractivity contribution is 7.91. The third-order valence-electron chi connectivity index (χ3n) is 2.28. The third kappa shape index (κ3) is 3.47. The first-order chi connectivity index (χ1) is 7.45. The molecule has 16 heavy (non-hydrogen) atoms.